The quantitative estimate of drug-likeness (QED) is 0.666. The summed E-state index contributed by atoms with van der Waals surface area (Å²) in [6.45, 7) is 8.76. The van der Waals surface area contributed by atoms with Crippen LogP contribution in [0, 0.1) is 5.92 Å². The number of aryl methyl sites for hydroxylation is 1. The summed E-state index contributed by atoms with van der Waals surface area (Å²) in [4.78, 5) is 9.77. The molecule has 1 saturated carbocycles. The molecule has 29 heavy (non-hydrogen) atoms. The fourth-order valence-electron chi connectivity index (χ4n) is 5.24. The Balaban J connectivity index is 1.40. The van der Waals surface area contributed by atoms with Gasteiger partial charge in [-0.3, -0.25) is 14.6 Å². The van der Waals surface area contributed by atoms with Crippen molar-refractivity contribution in [2.75, 3.05) is 19.6 Å². The van der Waals surface area contributed by atoms with Crippen molar-refractivity contribution in [3.8, 4) is 0 Å². The monoisotopic (exact) mass is 395 g/mol. The van der Waals surface area contributed by atoms with Gasteiger partial charge in [-0.1, -0.05) is 25.3 Å². The van der Waals surface area contributed by atoms with Crippen molar-refractivity contribution in [1.82, 2.24) is 24.6 Å². The van der Waals surface area contributed by atoms with Crippen LogP contribution in [0.4, 0.5) is 0 Å². The van der Waals surface area contributed by atoms with Crippen molar-refractivity contribution in [2.24, 2.45) is 5.92 Å². The van der Waals surface area contributed by atoms with Crippen molar-refractivity contribution < 1.29 is 0 Å². The highest BCUT2D eigenvalue weighted by Crippen LogP contribution is 2.28. The number of nitrogens with zero attached hydrogens (tertiary/aromatic N) is 5. The van der Waals surface area contributed by atoms with E-state index in [4.69, 9.17) is 0 Å². The van der Waals surface area contributed by atoms with Crippen molar-refractivity contribution in [3.63, 3.8) is 0 Å². The van der Waals surface area contributed by atoms with Crippen LogP contribution in [-0.4, -0.2) is 50.2 Å². The summed E-state index contributed by atoms with van der Waals surface area (Å²) in [5.41, 5.74) is 2.62. The minimum Gasteiger partial charge on any atom is -0.300 e. The van der Waals surface area contributed by atoms with Gasteiger partial charge in [0.2, 0.25) is 0 Å². The van der Waals surface area contributed by atoms with Crippen LogP contribution in [0.1, 0.15) is 63.0 Å². The maximum Gasteiger partial charge on any atom is 0.0534 e. The molecule has 0 amide bonds. The lowest BCUT2D eigenvalue weighted by molar-refractivity contribution is 0.0771. The number of hydrogen-bond donors (Lipinski definition) is 0. The number of aromatic nitrogens is 3. The van der Waals surface area contributed by atoms with Gasteiger partial charge in [-0.25, -0.2) is 0 Å². The highest BCUT2D eigenvalue weighted by molar-refractivity contribution is 5.10. The summed E-state index contributed by atoms with van der Waals surface area (Å²) in [5.74, 6) is 0.767. The average molecular weight is 396 g/mol. The largest absolute Gasteiger partial charge is 0.300 e. The zero-order valence-electron chi connectivity index (χ0n) is 18.0. The minimum atomic E-state index is 0.767. The Bertz CT molecular complexity index is 722. The van der Waals surface area contributed by atoms with Crippen molar-refractivity contribution >= 4 is 0 Å². The van der Waals surface area contributed by atoms with Crippen LogP contribution in [0.2, 0.25) is 0 Å². The first-order valence-electron chi connectivity index (χ1n) is 11.7. The molecule has 0 unspecified atom stereocenters. The third kappa shape index (κ3) is 5.89. The van der Waals surface area contributed by atoms with Gasteiger partial charge in [0, 0.05) is 62.9 Å². The summed E-state index contributed by atoms with van der Waals surface area (Å²) in [6, 6.07) is 5.10. The number of piperidine rings is 1. The SMILES string of the molecule is CCn1cc(CN(Cc2cccnc2)C[C@H]2CCCN(C3CCCCC3)C2)cn1. The molecular weight excluding hydrogens is 358 g/mol. The van der Waals surface area contributed by atoms with E-state index in [2.05, 4.69) is 39.1 Å². The Hall–Kier alpha value is -1.72. The second kappa shape index (κ2) is 10.4. The first-order valence-corrected chi connectivity index (χ1v) is 11.7. The van der Waals surface area contributed by atoms with Crippen molar-refractivity contribution in [3.05, 3.63) is 48.0 Å². The van der Waals surface area contributed by atoms with Gasteiger partial charge in [0.1, 0.15) is 0 Å². The molecule has 5 nitrogen and oxygen atoms in total. The zero-order valence-corrected chi connectivity index (χ0v) is 18.0. The number of rotatable bonds is 8. The van der Waals surface area contributed by atoms with Crippen LogP contribution in [0.25, 0.3) is 0 Å². The first kappa shape index (κ1) is 20.5. The molecule has 3 heterocycles. The third-order valence-electron chi connectivity index (χ3n) is 6.70. The second-order valence-corrected chi connectivity index (χ2v) is 9.03. The fraction of sp³-hybridized carbons (Fsp3) is 0.667. The van der Waals surface area contributed by atoms with E-state index in [0.29, 0.717) is 0 Å². The van der Waals surface area contributed by atoms with E-state index in [0.717, 1.165) is 38.1 Å². The lowest BCUT2D eigenvalue weighted by atomic mass is 9.90. The normalized spacial score (nSPS) is 21.7. The Labute approximate surface area is 176 Å². The van der Waals surface area contributed by atoms with Gasteiger partial charge in [0.25, 0.3) is 0 Å². The van der Waals surface area contributed by atoms with Crippen LogP contribution in [0.15, 0.2) is 36.9 Å². The van der Waals surface area contributed by atoms with Gasteiger partial charge in [-0.15, -0.1) is 0 Å². The molecule has 1 saturated heterocycles. The van der Waals surface area contributed by atoms with Gasteiger partial charge in [-0.2, -0.15) is 5.10 Å². The van der Waals surface area contributed by atoms with Crippen molar-refractivity contribution in [1.29, 1.82) is 0 Å². The average Bonchev–Trinajstić information content (AvgIpc) is 3.23. The Kier molecular flexibility index (Phi) is 7.33. The number of likely N-dealkylation sites (tertiary alicyclic amines) is 1. The maximum atomic E-state index is 4.48. The molecule has 1 atom stereocenters. The molecule has 2 aliphatic rings. The van der Waals surface area contributed by atoms with E-state index in [1.54, 1.807) is 0 Å². The summed E-state index contributed by atoms with van der Waals surface area (Å²) in [5, 5.41) is 4.48. The highest BCUT2D eigenvalue weighted by Gasteiger charge is 2.28. The third-order valence-corrected chi connectivity index (χ3v) is 6.70. The Morgan fingerprint density at radius 2 is 1.90 bits per heavy atom. The summed E-state index contributed by atoms with van der Waals surface area (Å²) in [7, 11) is 0. The van der Waals surface area contributed by atoms with Crippen LogP contribution in [0.5, 0.6) is 0 Å². The maximum absolute atomic E-state index is 4.48. The molecule has 0 radical (unpaired) electrons. The molecule has 5 heteroatoms. The molecule has 0 aromatic carbocycles. The zero-order chi connectivity index (χ0) is 19.9. The van der Waals surface area contributed by atoms with E-state index < -0.39 is 0 Å². The van der Waals surface area contributed by atoms with E-state index in [9.17, 15) is 0 Å². The molecule has 158 valence electrons. The topological polar surface area (TPSA) is 37.2 Å². The molecule has 0 bridgehead atoms. The minimum absolute atomic E-state index is 0.767. The molecule has 2 fully saturated rings. The Morgan fingerprint density at radius 1 is 1.03 bits per heavy atom. The predicted octanol–water partition coefficient (Wildman–Crippen LogP) is 4.34. The molecular formula is C24H37N5. The second-order valence-electron chi connectivity index (χ2n) is 9.03. The van der Waals surface area contributed by atoms with Gasteiger partial charge >= 0.3 is 0 Å². The molecule has 1 aliphatic heterocycles. The molecule has 0 spiro atoms. The van der Waals surface area contributed by atoms with Crippen LogP contribution >= 0.6 is 0 Å². The van der Waals surface area contributed by atoms with Gasteiger partial charge in [0.15, 0.2) is 0 Å². The molecule has 0 N–H and O–H groups in total. The van der Waals surface area contributed by atoms with E-state index >= 15 is 0 Å². The first-order chi connectivity index (χ1) is 14.3. The van der Waals surface area contributed by atoms with Crippen molar-refractivity contribution in [2.45, 2.75) is 77.5 Å². The standard InChI is InChI=1S/C24H37N5/c1-2-29-20-23(15-26-29)18-27(16-21-8-6-12-25-14-21)17-22-9-7-13-28(19-22)24-10-4-3-5-11-24/h6,8,12,14-15,20,22,24H,2-5,7,9-11,13,16-19H2,1H3/t22-/m1/s1. The summed E-state index contributed by atoms with van der Waals surface area (Å²) < 4.78 is 2.03. The van der Waals surface area contributed by atoms with Gasteiger partial charge < -0.3 is 4.90 Å². The molecule has 2 aromatic rings. The lowest BCUT2D eigenvalue weighted by Crippen LogP contribution is -2.46. The van der Waals surface area contributed by atoms with Crippen LogP contribution in [-0.2, 0) is 19.6 Å². The Morgan fingerprint density at radius 3 is 2.66 bits per heavy atom. The summed E-state index contributed by atoms with van der Waals surface area (Å²) in [6.07, 6.45) is 18.0. The predicted molar refractivity (Wildman–Crippen MR) is 117 cm³/mol. The van der Waals surface area contributed by atoms with Crippen LogP contribution < -0.4 is 0 Å². The molecule has 2 aromatic heterocycles. The fourth-order valence-corrected chi connectivity index (χ4v) is 5.24. The smallest absolute Gasteiger partial charge is 0.0534 e. The van der Waals surface area contributed by atoms with E-state index in [-0.39, 0.29) is 0 Å². The van der Waals surface area contributed by atoms with Gasteiger partial charge in [-0.05, 0) is 56.7 Å². The highest BCUT2D eigenvalue weighted by atomic mass is 15.3. The van der Waals surface area contributed by atoms with E-state index in [1.165, 1.54) is 69.2 Å². The van der Waals surface area contributed by atoms with Crippen LogP contribution in [0.3, 0.4) is 0 Å². The lowest BCUT2D eigenvalue weighted by Gasteiger charge is -2.41. The number of hydrogen-bond acceptors (Lipinski definition) is 4. The van der Waals surface area contributed by atoms with Gasteiger partial charge in [0.05, 0.1) is 6.20 Å². The number of pyridine rings is 1. The van der Waals surface area contributed by atoms with E-state index in [1.807, 2.05) is 29.3 Å². The summed E-state index contributed by atoms with van der Waals surface area (Å²) >= 11 is 0. The molecule has 4 rings (SSSR count). The molecule has 1 aliphatic carbocycles.